The Morgan fingerprint density at radius 3 is 2.19 bits per heavy atom. The number of anilines is 1. The van der Waals surface area contributed by atoms with E-state index < -0.39 is 28.5 Å². The van der Waals surface area contributed by atoms with Crippen molar-refractivity contribution in [2.24, 2.45) is 0 Å². The molecule has 0 unspecified atom stereocenters. The molecule has 43 heavy (non-hydrogen) atoms. The summed E-state index contributed by atoms with van der Waals surface area (Å²) in [7, 11) is -4.13. The van der Waals surface area contributed by atoms with E-state index in [1.165, 1.54) is 0 Å². The van der Waals surface area contributed by atoms with Crippen molar-refractivity contribution in [3.63, 3.8) is 0 Å². The summed E-state index contributed by atoms with van der Waals surface area (Å²) in [6.07, 6.45) is 4.38. The van der Waals surface area contributed by atoms with Crippen molar-refractivity contribution < 1.29 is 22.7 Å². The Morgan fingerprint density at radius 1 is 0.930 bits per heavy atom. The van der Waals surface area contributed by atoms with Crippen molar-refractivity contribution in [3.05, 3.63) is 89.5 Å². The number of amides is 2. The molecule has 1 fully saturated rings. The molecule has 4 rings (SSSR count). The maximum Gasteiger partial charge on any atom is 0.264 e. The van der Waals surface area contributed by atoms with Crippen LogP contribution in [0.5, 0.6) is 5.75 Å². The van der Waals surface area contributed by atoms with Crippen LogP contribution in [0.4, 0.5) is 5.69 Å². The van der Waals surface area contributed by atoms with Gasteiger partial charge in [0.05, 0.1) is 17.2 Å². The Balaban J connectivity index is 1.72. The third-order valence-electron chi connectivity index (χ3n) is 8.01. The number of nitrogens with one attached hydrogen (secondary N) is 1. The topological polar surface area (TPSA) is 96.0 Å². The summed E-state index contributed by atoms with van der Waals surface area (Å²) < 4.78 is 34.8. The van der Waals surface area contributed by atoms with Crippen LogP contribution in [0.3, 0.4) is 0 Å². The number of nitrogens with zero attached hydrogens (tertiary/aromatic N) is 2. The number of hydrogen-bond acceptors (Lipinski definition) is 5. The number of benzene rings is 3. The van der Waals surface area contributed by atoms with E-state index in [4.69, 9.17) is 4.74 Å². The largest absolute Gasteiger partial charge is 0.494 e. The second kappa shape index (κ2) is 14.6. The summed E-state index contributed by atoms with van der Waals surface area (Å²) in [6.45, 7) is 7.79. The van der Waals surface area contributed by atoms with Gasteiger partial charge in [0.1, 0.15) is 18.3 Å². The molecule has 1 N–H and O–H groups in total. The van der Waals surface area contributed by atoms with Crippen molar-refractivity contribution in [1.29, 1.82) is 0 Å². The Bertz CT molecular complexity index is 1480. The monoisotopic (exact) mass is 605 g/mol. The van der Waals surface area contributed by atoms with E-state index in [0.29, 0.717) is 24.5 Å². The number of sulfonamides is 1. The minimum atomic E-state index is -4.13. The molecule has 1 aliphatic carbocycles. The number of hydrogen-bond donors (Lipinski definition) is 1. The van der Waals surface area contributed by atoms with Crippen LogP contribution in [0.1, 0.15) is 62.6 Å². The van der Waals surface area contributed by atoms with Crippen LogP contribution in [0.2, 0.25) is 0 Å². The molecule has 0 bridgehead atoms. The molecule has 0 heterocycles. The van der Waals surface area contributed by atoms with E-state index in [1.54, 1.807) is 53.4 Å². The third-order valence-corrected chi connectivity index (χ3v) is 9.80. The summed E-state index contributed by atoms with van der Waals surface area (Å²) in [5, 5.41) is 3.15. The lowest BCUT2D eigenvalue weighted by atomic mass is 10.1. The summed E-state index contributed by atoms with van der Waals surface area (Å²) in [4.78, 5) is 29.5. The van der Waals surface area contributed by atoms with E-state index in [1.807, 2.05) is 52.0 Å². The fraction of sp³-hybridized carbons (Fsp3) is 0.412. The molecular weight excluding hydrogens is 562 g/mol. The molecule has 3 aromatic rings. The van der Waals surface area contributed by atoms with Gasteiger partial charge in [-0.3, -0.25) is 13.9 Å². The fourth-order valence-electron chi connectivity index (χ4n) is 5.50. The molecule has 9 heteroatoms. The van der Waals surface area contributed by atoms with Crippen LogP contribution in [-0.2, 0) is 26.2 Å². The molecule has 3 aromatic carbocycles. The van der Waals surface area contributed by atoms with E-state index in [9.17, 15) is 18.0 Å². The van der Waals surface area contributed by atoms with Gasteiger partial charge in [-0.15, -0.1) is 0 Å². The second-order valence-electron chi connectivity index (χ2n) is 11.1. The van der Waals surface area contributed by atoms with Crippen LogP contribution >= 0.6 is 0 Å². The van der Waals surface area contributed by atoms with Gasteiger partial charge in [-0.2, -0.15) is 0 Å². The summed E-state index contributed by atoms with van der Waals surface area (Å²) >= 11 is 0. The van der Waals surface area contributed by atoms with Gasteiger partial charge in [-0.05, 0) is 87.6 Å². The van der Waals surface area contributed by atoms with Crippen LogP contribution in [0.25, 0.3) is 0 Å². The van der Waals surface area contributed by atoms with Crippen molar-refractivity contribution >= 4 is 27.5 Å². The first-order valence-corrected chi connectivity index (χ1v) is 16.5. The Hall–Kier alpha value is -3.85. The van der Waals surface area contributed by atoms with Crippen molar-refractivity contribution in [2.45, 2.75) is 83.3 Å². The average molecular weight is 606 g/mol. The first kappa shape index (κ1) is 32.1. The number of rotatable bonds is 13. The molecule has 8 nitrogen and oxygen atoms in total. The zero-order valence-electron chi connectivity index (χ0n) is 25.6. The average Bonchev–Trinajstić information content (AvgIpc) is 3.50. The molecule has 1 atom stereocenters. The third kappa shape index (κ3) is 7.96. The molecule has 230 valence electrons. The van der Waals surface area contributed by atoms with Crippen LogP contribution in [-0.4, -0.2) is 50.4 Å². The van der Waals surface area contributed by atoms with E-state index >= 15 is 0 Å². The minimum Gasteiger partial charge on any atom is -0.494 e. The second-order valence-corrected chi connectivity index (χ2v) is 13.0. The highest BCUT2D eigenvalue weighted by Gasteiger charge is 2.34. The zero-order valence-corrected chi connectivity index (χ0v) is 26.4. The smallest absolute Gasteiger partial charge is 0.264 e. The maximum absolute atomic E-state index is 14.3. The van der Waals surface area contributed by atoms with Gasteiger partial charge < -0.3 is 15.0 Å². The van der Waals surface area contributed by atoms with Gasteiger partial charge in [-0.1, -0.05) is 61.7 Å². The molecule has 0 saturated heterocycles. The number of aryl methyl sites for hydroxylation is 2. The lowest BCUT2D eigenvalue weighted by molar-refractivity contribution is -0.140. The van der Waals surface area contributed by atoms with Gasteiger partial charge in [0.25, 0.3) is 10.0 Å². The molecule has 1 saturated carbocycles. The number of ether oxygens (including phenoxy) is 1. The molecule has 0 radical (unpaired) electrons. The standard InChI is InChI=1S/C34H43N3O5S/c1-5-32(34(39)35-28-13-9-10-14-28)36(23-27-12-8-7-11-26(27)4)33(38)24-37(29-17-19-30(20-18-29)42-6-2)43(40,41)31-21-15-25(3)16-22-31/h7-8,11-12,15-22,28,32H,5-6,9-10,13-14,23-24H2,1-4H3,(H,35,39)/t32-/m0/s1. The maximum atomic E-state index is 14.3. The lowest BCUT2D eigenvalue weighted by Crippen LogP contribution is -2.53. The molecule has 0 aliphatic heterocycles. The van der Waals surface area contributed by atoms with Gasteiger partial charge in [0.2, 0.25) is 11.8 Å². The van der Waals surface area contributed by atoms with Crippen LogP contribution in [0.15, 0.2) is 77.7 Å². The summed E-state index contributed by atoms with van der Waals surface area (Å²) in [5.41, 5.74) is 3.14. The minimum absolute atomic E-state index is 0.0799. The number of carbonyl (C=O) groups excluding carboxylic acids is 2. The SMILES string of the molecule is CCOc1ccc(N(CC(=O)N(Cc2ccccc2C)[C@@H](CC)C(=O)NC2CCCC2)S(=O)(=O)c2ccc(C)cc2)cc1. The Labute approximate surface area is 256 Å². The van der Waals surface area contributed by atoms with Crippen LogP contribution in [0, 0.1) is 13.8 Å². The zero-order chi connectivity index (χ0) is 31.0. The molecule has 2 amide bonds. The quantitative estimate of drug-likeness (QED) is 0.267. The predicted octanol–water partition coefficient (Wildman–Crippen LogP) is 5.76. The lowest BCUT2D eigenvalue weighted by Gasteiger charge is -2.34. The van der Waals surface area contributed by atoms with Crippen molar-refractivity contribution in [1.82, 2.24) is 10.2 Å². The molecular formula is C34H43N3O5S. The first-order chi connectivity index (χ1) is 20.6. The van der Waals surface area contributed by atoms with Gasteiger partial charge in [-0.25, -0.2) is 8.42 Å². The van der Waals surface area contributed by atoms with E-state index in [2.05, 4.69) is 5.32 Å². The summed E-state index contributed by atoms with van der Waals surface area (Å²) in [6, 6.07) is 20.3. The normalized spacial score (nSPS) is 14.2. The van der Waals surface area contributed by atoms with Crippen molar-refractivity contribution in [2.75, 3.05) is 17.5 Å². The molecule has 1 aliphatic rings. The highest BCUT2D eigenvalue weighted by molar-refractivity contribution is 7.92. The van der Waals surface area contributed by atoms with Crippen LogP contribution < -0.4 is 14.4 Å². The first-order valence-electron chi connectivity index (χ1n) is 15.1. The fourth-order valence-corrected chi connectivity index (χ4v) is 6.91. The Kier molecular flexibility index (Phi) is 10.9. The van der Waals surface area contributed by atoms with Gasteiger partial charge in [0, 0.05) is 12.6 Å². The van der Waals surface area contributed by atoms with Crippen molar-refractivity contribution in [3.8, 4) is 5.75 Å². The number of carbonyl (C=O) groups is 2. The molecule has 0 aromatic heterocycles. The van der Waals surface area contributed by atoms with E-state index in [0.717, 1.165) is 46.7 Å². The van der Waals surface area contributed by atoms with Gasteiger partial charge >= 0.3 is 0 Å². The predicted molar refractivity (Wildman–Crippen MR) is 170 cm³/mol. The highest BCUT2D eigenvalue weighted by atomic mass is 32.2. The van der Waals surface area contributed by atoms with E-state index in [-0.39, 0.29) is 23.4 Å². The van der Waals surface area contributed by atoms with Gasteiger partial charge in [0.15, 0.2) is 0 Å². The molecule has 0 spiro atoms. The Morgan fingerprint density at radius 2 is 1.58 bits per heavy atom. The summed E-state index contributed by atoms with van der Waals surface area (Å²) in [5.74, 6) is -0.0624. The highest BCUT2D eigenvalue weighted by Crippen LogP contribution is 2.27.